The molecule has 3 rings (SSSR count). The first-order valence-corrected chi connectivity index (χ1v) is 7.83. The Bertz CT molecular complexity index is 727. The van der Waals surface area contributed by atoms with Crippen molar-refractivity contribution in [3.63, 3.8) is 0 Å². The van der Waals surface area contributed by atoms with E-state index in [4.69, 9.17) is 4.42 Å². The van der Waals surface area contributed by atoms with Crippen LogP contribution in [0.4, 0.5) is 0 Å². The largest absolute Gasteiger partial charge is 0.467 e. The van der Waals surface area contributed by atoms with Gasteiger partial charge in [0.25, 0.3) is 0 Å². The Kier molecular flexibility index (Phi) is 4.93. The molecule has 2 aromatic heterocycles. The second kappa shape index (κ2) is 7.49. The molecule has 1 aromatic carbocycles. The molecule has 0 unspecified atom stereocenters. The third-order valence-electron chi connectivity index (χ3n) is 3.41. The third-order valence-corrected chi connectivity index (χ3v) is 3.41. The van der Waals surface area contributed by atoms with Crippen LogP contribution in [0.3, 0.4) is 0 Å². The van der Waals surface area contributed by atoms with E-state index in [1.807, 2.05) is 43.3 Å². The zero-order valence-corrected chi connectivity index (χ0v) is 13.2. The molecule has 3 aromatic rings. The van der Waals surface area contributed by atoms with Crippen LogP contribution in [0, 0.1) is 0 Å². The van der Waals surface area contributed by atoms with Gasteiger partial charge in [-0.2, -0.15) is 0 Å². The van der Waals surface area contributed by atoms with E-state index in [0.29, 0.717) is 6.54 Å². The van der Waals surface area contributed by atoms with Gasteiger partial charge in [0, 0.05) is 19.5 Å². The number of fused-ring (bicyclic) bond motifs is 1. The molecule has 0 aliphatic rings. The highest BCUT2D eigenvalue weighted by Crippen LogP contribution is 2.10. The van der Waals surface area contributed by atoms with Gasteiger partial charge in [0.15, 0.2) is 5.96 Å². The molecule has 0 aliphatic heterocycles. The van der Waals surface area contributed by atoms with Gasteiger partial charge in [-0.05, 0) is 31.2 Å². The van der Waals surface area contributed by atoms with Gasteiger partial charge >= 0.3 is 0 Å². The maximum Gasteiger partial charge on any atom is 0.191 e. The summed E-state index contributed by atoms with van der Waals surface area (Å²) >= 11 is 0. The molecule has 0 saturated heterocycles. The van der Waals surface area contributed by atoms with Gasteiger partial charge in [-0.1, -0.05) is 12.1 Å². The first-order chi connectivity index (χ1) is 11.3. The zero-order valence-electron chi connectivity index (χ0n) is 13.2. The SMILES string of the molecule is CCNC(=NCc1ccco1)NCCc1nc2ccccc2[nH]1. The molecule has 120 valence electrons. The average Bonchev–Trinajstić information content (AvgIpc) is 3.21. The van der Waals surface area contributed by atoms with E-state index >= 15 is 0 Å². The van der Waals surface area contributed by atoms with Crippen molar-refractivity contribution in [3.8, 4) is 0 Å². The summed E-state index contributed by atoms with van der Waals surface area (Å²) in [5, 5.41) is 6.54. The summed E-state index contributed by atoms with van der Waals surface area (Å²) in [6.45, 7) is 4.13. The molecule has 2 heterocycles. The van der Waals surface area contributed by atoms with Gasteiger partial charge in [-0.25, -0.2) is 9.98 Å². The minimum atomic E-state index is 0.521. The first kappa shape index (κ1) is 15.1. The number of aromatic amines is 1. The fourth-order valence-corrected chi connectivity index (χ4v) is 2.32. The van der Waals surface area contributed by atoms with E-state index in [1.54, 1.807) is 6.26 Å². The van der Waals surface area contributed by atoms with Crippen molar-refractivity contribution in [1.82, 2.24) is 20.6 Å². The normalized spacial score (nSPS) is 11.8. The number of hydrogen-bond acceptors (Lipinski definition) is 3. The molecule has 0 bridgehead atoms. The first-order valence-electron chi connectivity index (χ1n) is 7.83. The molecule has 0 atom stereocenters. The van der Waals surface area contributed by atoms with Crippen LogP contribution in [0.5, 0.6) is 0 Å². The highest BCUT2D eigenvalue weighted by Gasteiger charge is 2.03. The van der Waals surface area contributed by atoms with Gasteiger partial charge in [0.2, 0.25) is 0 Å². The molecule has 0 spiro atoms. The summed E-state index contributed by atoms with van der Waals surface area (Å²) in [5.74, 6) is 2.60. The number of furan rings is 1. The van der Waals surface area contributed by atoms with Gasteiger partial charge in [-0.3, -0.25) is 0 Å². The smallest absolute Gasteiger partial charge is 0.191 e. The van der Waals surface area contributed by atoms with Crippen LogP contribution < -0.4 is 10.6 Å². The predicted molar refractivity (Wildman–Crippen MR) is 91.3 cm³/mol. The Morgan fingerprint density at radius 3 is 2.91 bits per heavy atom. The minimum absolute atomic E-state index is 0.521. The number of nitrogens with zero attached hydrogens (tertiary/aromatic N) is 2. The van der Waals surface area contributed by atoms with E-state index in [1.165, 1.54) is 0 Å². The van der Waals surface area contributed by atoms with Crippen LogP contribution in [0.1, 0.15) is 18.5 Å². The summed E-state index contributed by atoms with van der Waals surface area (Å²) in [5.41, 5.74) is 2.07. The van der Waals surface area contributed by atoms with Crippen LogP contribution in [-0.4, -0.2) is 29.0 Å². The molecular formula is C17H21N5O. The number of guanidine groups is 1. The summed E-state index contributed by atoms with van der Waals surface area (Å²) in [6, 6.07) is 11.8. The number of benzene rings is 1. The highest BCUT2D eigenvalue weighted by molar-refractivity contribution is 5.79. The summed E-state index contributed by atoms with van der Waals surface area (Å²) in [6.07, 6.45) is 2.46. The standard InChI is InChI=1S/C17H21N5O/c1-2-18-17(20-12-13-6-5-11-23-13)19-10-9-16-21-14-7-3-4-8-15(14)22-16/h3-8,11H,2,9-10,12H2,1H3,(H,21,22)(H2,18,19,20). The van der Waals surface area contributed by atoms with Crippen LogP contribution >= 0.6 is 0 Å². The van der Waals surface area contributed by atoms with Crippen molar-refractivity contribution < 1.29 is 4.42 Å². The van der Waals surface area contributed by atoms with Crippen molar-refractivity contribution in [2.45, 2.75) is 19.9 Å². The van der Waals surface area contributed by atoms with Gasteiger partial charge in [0.05, 0.1) is 17.3 Å². The lowest BCUT2D eigenvalue weighted by molar-refractivity contribution is 0.512. The monoisotopic (exact) mass is 311 g/mol. The molecule has 3 N–H and O–H groups in total. The van der Waals surface area contributed by atoms with Gasteiger partial charge in [0.1, 0.15) is 18.1 Å². The lowest BCUT2D eigenvalue weighted by Gasteiger charge is -2.10. The van der Waals surface area contributed by atoms with Crippen molar-refractivity contribution in [2.75, 3.05) is 13.1 Å². The lowest BCUT2D eigenvalue weighted by atomic mass is 10.3. The maximum absolute atomic E-state index is 5.29. The van der Waals surface area contributed by atoms with E-state index in [2.05, 4.69) is 25.6 Å². The fraction of sp³-hybridized carbons (Fsp3) is 0.294. The zero-order chi connectivity index (χ0) is 15.9. The van der Waals surface area contributed by atoms with E-state index in [9.17, 15) is 0 Å². The topological polar surface area (TPSA) is 78.2 Å². The number of nitrogens with one attached hydrogen (secondary N) is 3. The van der Waals surface area contributed by atoms with Crippen LogP contribution in [0.2, 0.25) is 0 Å². The molecule has 0 aliphatic carbocycles. The fourth-order valence-electron chi connectivity index (χ4n) is 2.32. The number of H-pyrrole nitrogens is 1. The molecule has 0 saturated carbocycles. The van der Waals surface area contributed by atoms with Gasteiger partial charge < -0.3 is 20.0 Å². The summed E-state index contributed by atoms with van der Waals surface area (Å²) in [4.78, 5) is 12.4. The van der Waals surface area contributed by atoms with E-state index in [0.717, 1.165) is 48.1 Å². The Morgan fingerprint density at radius 1 is 1.22 bits per heavy atom. The highest BCUT2D eigenvalue weighted by atomic mass is 16.3. The Balaban J connectivity index is 1.54. The quantitative estimate of drug-likeness (QED) is 0.483. The molecule has 0 amide bonds. The lowest BCUT2D eigenvalue weighted by Crippen LogP contribution is -2.38. The van der Waals surface area contributed by atoms with Crippen molar-refractivity contribution >= 4 is 17.0 Å². The molecule has 6 nitrogen and oxygen atoms in total. The van der Waals surface area contributed by atoms with E-state index in [-0.39, 0.29) is 0 Å². The number of rotatable bonds is 6. The van der Waals surface area contributed by atoms with Crippen LogP contribution in [0.25, 0.3) is 11.0 Å². The second-order valence-electron chi connectivity index (χ2n) is 5.15. The van der Waals surface area contributed by atoms with E-state index < -0.39 is 0 Å². The molecule has 0 fully saturated rings. The second-order valence-corrected chi connectivity index (χ2v) is 5.15. The molecular weight excluding hydrogens is 290 g/mol. The number of aromatic nitrogens is 2. The number of hydrogen-bond donors (Lipinski definition) is 3. The summed E-state index contributed by atoms with van der Waals surface area (Å²) in [7, 11) is 0. The van der Waals surface area contributed by atoms with Crippen LogP contribution in [-0.2, 0) is 13.0 Å². The average molecular weight is 311 g/mol. The third kappa shape index (κ3) is 4.12. The van der Waals surface area contributed by atoms with Crippen LogP contribution in [0.15, 0.2) is 52.1 Å². The molecule has 0 radical (unpaired) electrons. The van der Waals surface area contributed by atoms with Crippen molar-refractivity contribution in [1.29, 1.82) is 0 Å². The number of para-hydroxylation sites is 2. The Morgan fingerprint density at radius 2 is 2.13 bits per heavy atom. The molecule has 23 heavy (non-hydrogen) atoms. The number of imidazole rings is 1. The Labute approximate surface area is 135 Å². The Hall–Kier alpha value is -2.76. The minimum Gasteiger partial charge on any atom is -0.467 e. The van der Waals surface area contributed by atoms with Crippen molar-refractivity contribution in [2.24, 2.45) is 4.99 Å². The maximum atomic E-state index is 5.29. The van der Waals surface area contributed by atoms with Gasteiger partial charge in [-0.15, -0.1) is 0 Å². The predicted octanol–water partition coefficient (Wildman–Crippen LogP) is 2.45. The summed E-state index contributed by atoms with van der Waals surface area (Å²) < 4.78 is 5.29. The van der Waals surface area contributed by atoms with Crippen molar-refractivity contribution in [3.05, 3.63) is 54.2 Å². The molecule has 6 heteroatoms. The number of aliphatic imine (C=N–C) groups is 1.